The van der Waals surface area contributed by atoms with Gasteiger partial charge in [-0.3, -0.25) is 19.3 Å². The molecule has 38 heavy (non-hydrogen) atoms. The van der Waals surface area contributed by atoms with Crippen LogP contribution in [0.2, 0.25) is 0 Å². The fraction of sp³-hybridized carbons (Fsp3) is 0.464. The normalized spacial score (nSPS) is 22.5. The number of rotatable bonds is 6. The summed E-state index contributed by atoms with van der Waals surface area (Å²) in [4.78, 5) is 43.3. The van der Waals surface area contributed by atoms with Crippen LogP contribution in [0.15, 0.2) is 48.5 Å². The van der Waals surface area contributed by atoms with E-state index in [0.29, 0.717) is 37.3 Å². The van der Waals surface area contributed by atoms with Crippen molar-refractivity contribution >= 4 is 17.7 Å². The molecular formula is C28H32FN3O6. The Balaban J connectivity index is 1.36. The highest BCUT2D eigenvalue weighted by atomic mass is 19.1. The van der Waals surface area contributed by atoms with Gasteiger partial charge in [-0.25, -0.2) is 4.39 Å². The van der Waals surface area contributed by atoms with Crippen molar-refractivity contribution in [1.82, 2.24) is 15.1 Å². The second-order valence-electron chi connectivity index (χ2n) is 9.83. The van der Waals surface area contributed by atoms with Gasteiger partial charge in [-0.1, -0.05) is 18.2 Å². The quantitative estimate of drug-likeness (QED) is 0.623. The molecule has 2 aromatic rings. The highest BCUT2D eigenvalue weighted by molar-refractivity contribution is 5.99. The number of hydrogen-bond acceptors (Lipinski definition) is 6. The minimum atomic E-state index is -1.07. The Hall–Kier alpha value is -3.50. The van der Waals surface area contributed by atoms with Crippen molar-refractivity contribution < 1.29 is 33.0 Å². The van der Waals surface area contributed by atoms with Crippen LogP contribution in [-0.2, 0) is 14.3 Å². The van der Waals surface area contributed by atoms with E-state index >= 15 is 0 Å². The maximum absolute atomic E-state index is 14.2. The molecule has 1 spiro atoms. The van der Waals surface area contributed by atoms with Gasteiger partial charge in [0.2, 0.25) is 5.91 Å². The van der Waals surface area contributed by atoms with Crippen molar-refractivity contribution in [3.63, 3.8) is 0 Å². The Labute approximate surface area is 220 Å². The number of nitrogens with one attached hydrogen (secondary N) is 1. The molecule has 3 amide bonds. The van der Waals surface area contributed by atoms with Gasteiger partial charge in [-0.05, 0) is 43.2 Å². The summed E-state index contributed by atoms with van der Waals surface area (Å²) in [6, 6.07) is 11.8. The molecule has 9 nitrogen and oxygen atoms in total. The van der Waals surface area contributed by atoms with Crippen LogP contribution in [-0.4, -0.2) is 85.3 Å². The summed E-state index contributed by atoms with van der Waals surface area (Å²) in [5, 5.41) is 2.93. The fourth-order valence-corrected chi connectivity index (χ4v) is 5.46. The maximum atomic E-state index is 14.2. The van der Waals surface area contributed by atoms with E-state index in [1.54, 1.807) is 35.2 Å². The minimum absolute atomic E-state index is 0.00601. The molecule has 1 N–H and O–H groups in total. The fourth-order valence-electron chi connectivity index (χ4n) is 5.46. The van der Waals surface area contributed by atoms with Crippen LogP contribution in [0.4, 0.5) is 4.39 Å². The zero-order valence-electron chi connectivity index (χ0n) is 21.4. The molecule has 3 aliphatic rings. The third kappa shape index (κ3) is 5.10. The Morgan fingerprint density at radius 2 is 1.89 bits per heavy atom. The van der Waals surface area contributed by atoms with Crippen molar-refractivity contribution in [2.45, 2.75) is 43.6 Å². The van der Waals surface area contributed by atoms with Crippen LogP contribution in [0.3, 0.4) is 0 Å². The number of nitrogens with zero attached hydrogens (tertiary/aromatic N) is 2. The molecule has 0 aliphatic carbocycles. The van der Waals surface area contributed by atoms with Crippen LogP contribution < -0.4 is 10.1 Å². The summed E-state index contributed by atoms with van der Waals surface area (Å²) in [6.45, 7) is 1.58. The molecular weight excluding hydrogens is 493 g/mol. The third-order valence-electron chi connectivity index (χ3n) is 7.56. The van der Waals surface area contributed by atoms with Crippen LogP contribution in [0, 0.1) is 5.82 Å². The van der Waals surface area contributed by atoms with Crippen LogP contribution in [0.5, 0.6) is 5.75 Å². The van der Waals surface area contributed by atoms with Gasteiger partial charge in [0.05, 0.1) is 25.4 Å². The summed E-state index contributed by atoms with van der Waals surface area (Å²) in [6.07, 6.45) is 2.38. The summed E-state index contributed by atoms with van der Waals surface area (Å²) in [5.74, 6) is -1.12. The summed E-state index contributed by atoms with van der Waals surface area (Å²) in [5.41, 5.74) is -0.694. The Morgan fingerprint density at radius 1 is 1.11 bits per heavy atom. The van der Waals surface area contributed by atoms with Gasteiger partial charge in [-0.2, -0.15) is 0 Å². The number of hydrogen-bond donors (Lipinski definition) is 1. The van der Waals surface area contributed by atoms with Gasteiger partial charge in [0, 0.05) is 44.6 Å². The number of benzene rings is 2. The molecule has 0 saturated carbocycles. The Morgan fingerprint density at radius 3 is 2.61 bits per heavy atom. The third-order valence-corrected chi connectivity index (χ3v) is 7.56. The number of ether oxygens (including phenoxy) is 3. The van der Waals surface area contributed by atoms with Gasteiger partial charge >= 0.3 is 0 Å². The highest BCUT2D eigenvalue weighted by Gasteiger charge is 2.54. The first-order valence-electron chi connectivity index (χ1n) is 13.0. The van der Waals surface area contributed by atoms with E-state index in [2.05, 4.69) is 5.32 Å². The molecule has 3 aliphatic heterocycles. The van der Waals surface area contributed by atoms with Crippen molar-refractivity contribution in [2.24, 2.45) is 0 Å². The predicted octanol–water partition coefficient (Wildman–Crippen LogP) is 2.60. The van der Waals surface area contributed by atoms with E-state index in [0.717, 1.165) is 12.8 Å². The smallest absolute Gasteiger partial charge is 0.257 e. The molecule has 0 aromatic heterocycles. The number of piperidine rings is 1. The van der Waals surface area contributed by atoms with Gasteiger partial charge in [0.25, 0.3) is 11.8 Å². The molecule has 2 aromatic carbocycles. The largest absolute Gasteiger partial charge is 0.497 e. The Bertz CT molecular complexity index is 1190. The first-order valence-corrected chi connectivity index (χ1v) is 13.0. The molecule has 0 bridgehead atoms. The van der Waals surface area contributed by atoms with E-state index < -0.39 is 23.5 Å². The lowest BCUT2D eigenvalue weighted by Crippen LogP contribution is -2.60. The summed E-state index contributed by atoms with van der Waals surface area (Å²) in [7, 11) is 1.52. The van der Waals surface area contributed by atoms with Crippen LogP contribution in [0.1, 0.15) is 46.4 Å². The monoisotopic (exact) mass is 525 g/mol. The molecule has 3 heterocycles. The van der Waals surface area contributed by atoms with Gasteiger partial charge in [0.1, 0.15) is 23.3 Å². The molecule has 2 atom stereocenters. The van der Waals surface area contributed by atoms with Crippen LogP contribution >= 0.6 is 0 Å². The van der Waals surface area contributed by atoms with Crippen molar-refractivity contribution in [3.8, 4) is 5.75 Å². The van der Waals surface area contributed by atoms with Crippen molar-refractivity contribution in [2.75, 3.05) is 40.0 Å². The molecule has 5 rings (SSSR count). The van der Waals surface area contributed by atoms with E-state index in [9.17, 15) is 18.8 Å². The number of carbonyl (C=O) groups is 3. The first kappa shape index (κ1) is 26.1. The van der Waals surface area contributed by atoms with E-state index in [-0.39, 0.29) is 43.2 Å². The lowest BCUT2D eigenvalue weighted by atomic mass is 9.96. The van der Waals surface area contributed by atoms with Gasteiger partial charge in [0.15, 0.2) is 0 Å². The van der Waals surface area contributed by atoms with E-state index in [1.165, 1.54) is 30.2 Å². The molecule has 10 heteroatoms. The number of carbonyl (C=O) groups excluding carboxylic acids is 3. The molecule has 0 radical (unpaired) electrons. The molecule has 0 unspecified atom stereocenters. The SMILES string of the molecule is COc1cccc(C(=O)N2[C@@H](C(=O)NC[C@@H]3CCCO3)COC23CCN(C(=O)c2ccccc2F)CC3)c1. The average molecular weight is 526 g/mol. The number of halogens is 1. The standard InChI is InChI=1S/C28H32FN3O6/c1-36-20-7-4-6-19(16-20)26(34)32-24(25(33)30-17-21-8-5-15-37-21)18-38-28(32)11-13-31(14-12-28)27(35)22-9-2-3-10-23(22)29/h2-4,6-7,9-10,16,21,24H,5,8,11-15,17-18H2,1H3,(H,30,33)/t21-,24+/m0/s1. The lowest BCUT2D eigenvalue weighted by molar-refractivity contribution is -0.128. The van der Waals surface area contributed by atoms with E-state index in [4.69, 9.17) is 14.2 Å². The predicted molar refractivity (Wildman–Crippen MR) is 135 cm³/mol. The van der Waals surface area contributed by atoms with Gasteiger partial charge < -0.3 is 24.4 Å². The first-order chi connectivity index (χ1) is 18.4. The zero-order valence-corrected chi connectivity index (χ0v) is 21.4. The number of amides is 3. The molecule has 3 saturated heterocycles. The highest BCUT2D eigenvalue weighted by Crippen LogP contribution is 2.39. The second kappa shape index (κ2) is 11.1. The molecule has 202 valence electrons. The van der Waals surface area contributed by atoms with E-state index in [1.807, 2.05) is 0 Å². The zero-order chi connectivity index (χ0) is 26.7. The Kier molecular flexibility index (Phi) is 7.62. The van der Waals surface area contributed by atoms with Crippen LogP contribution in [0.25, 0.3) is 0 Å². The molecule has 3 fully saturated rings. The second-order valence-corrected chi connectivity index (χ2v) is 9.83. The number of methoxy groups -OCH3 is 1. The summed E-state index contributed by atoms with van der Waals surface area (Å²) < 4.78 is 31.4. The van der Waals surface area contributed by atoms with Gasteiger partial charge in [-0.15, -0.1) is 0 Å². The maximum Gasteiger partial charge on any atom is 0.257 e. The summed E-state index contributed by atoms with van der Waals surface area (Å²) >= 11 is 0. The lowest BCUT2D eigenvalue weighted by Gasteiger charge is -2.44. The average Bonchev–Trinajstić information content (AvgIpc) is 3.60. The van der Waals surface area contributed by atoms with Crippen molar-refractivity contribution in [1.29, 1.82) is 0 Å². The minimum Gasteiger partial charge on any atom is -0.497 e. The van der Waals surface area contributed by atoms with Crippen molar-refractivity contribution in [3.05, 3.63) is 65.5 Å². The topological polar surface area (TPSA) is 97.4 Å². The number of likely N-dealkylation sites (tertiary alicyclic amines) is 1.